The van der Waals surface area contributed by atoms with E-state index in [9.17, 15) is 4.79 Å². The lowest BCUT2D eigenvalue weighted by Crippen LogP contribution is -2.13. The van der Waals surface area contributed by atoms with Gasteiger partial charge in [-0.2, -0.15) is 0 Å². The molecule has 0 bridgehead atoms. The first-order valence-electron chi connectivity index (χ1n) is 4.02. The van der Waals surface area contributed by atoms with Gasteiger partial charge in [0, 0.05) is 6.20 Å². The second kappa shape index (κ2) is 4.93. The van der Waals surface area contributed by atoms with Crippen molar-refractivity contribution in [1.29, 1.82) is 0 Å². The maximum atomic E-state index is 11.5. The topological polar surface area (TPSA) is 39.2 Å². The van der Waals surface area contributed by atoms with Crippen molar-refractivity contribution >= 4 is 40.2 Å². The van der Waals surface area contributed by atoms with Crippen LogP contribution in [0.1, 0.15) is 24.2 Å². The molecular formula is C9H9ClINO2. The van der Waals surface area contributed by atoms with E-state index < -0.39 is 0 Å². The standard InChI is InChI=1S/C9H9ClINO2/c1-5(2)14-9(13)7-3-6(10)4-12-8(7)11/h3-5H,1-2H3. The van der Waals surface area contributed by atoms with Gasteiger partial charge in [0.2, 0.25) is 0 Å². The fourth-order valence-electron chi connectivity index (χ4n) is 0.843. The molecule has 0 saturated heterocycles. The summed E-state index contributed by atoms with van der Waals surface area (Å²) in [6.45, 7) is 3.59. The maximum absolute atomic E-state index is 11.5. The van der Waals surface area contributed by atoms with Gasteiger partial charge in [0.1, 0.15) is 3.70 Å². The minimum Gasteiger partial charge on any atom is -0.459 e. The van der Waals surface area contributed by atoms with Crippen molar-refractivity contribution in [3.63, 3.8) is 0 Å². The van der Waals surface area contributed by atoms with Crippen molar-refractivity contribution in [2.45, 2.75) is 20.0 Å². The summed E-state index contributed by atoms with van der Waals surface area (Å²) in [6.07, 6.45) is 1.35. The third-order valence-corrected chi connectivity index (χ3v) is 2.43. The SMILES string of the molecule is CC(C)OC(=O)c1cc(Cl)cnc1I. The van der Waals surface area contributed by atoms with Gasteiger partial charge < -0.3 is 4.74 Å². The fourth-order valence-corrected chi connectivity index (χ4v) is 1.52. The number of carbonyl (C=O) groups is 1. The van der Waals surface area contributed by atoms with Crippen molar-refractivity contribution in [3.8, 4) is 0 Å². The minimum atomic E-state index is -0.389. The van der Waals surface area contributed by atoms with Crippen molar-refractivity contribution in [1.82, 2.24) is 4.98 Å². The molecule has 0 unspecified atom stereocenters. The van der Waals surface area contributed by atoms with Gasteiger partial charge in [0.15, 0.2) is 0 Å². The Balaban J connectivity index is 2.94. The average molecular weight is 326 g/mol. The van der Waals surface area contributed by atoms with Gasteiger partial charge in [0.05, 0.1) is 16.7 Å². The summed E-state index contributed by atoms with van der Waals surface area (Å²) in [5.74, 6) is -0.389. The summed E-state index contributed by atoms with van der Waals surface area (Å²) >= 11 is 7.69. The zero-order valence-corrected chi connectivity index (χ0v) is 10.7. The summed E-state index contributed by atoms with van der Waals surface area (Å²) in [7, 11) is 0. The first-order valence-corrected chi connectivity index (χ1v) is 5.48. The molecule has 0 radical (unpaired) electrons. The molecule has 0 aliphatic heterocycles. The van der Waals surface area contributed by atoms with Crippen LogP contribution in [-0.4, -0.2) is 17.1 Å². The molecule has 0 N–H and O–H groups in total. The monoisotopic (exact) mass is 325 g/mol. The Morgan fingerprint density at radius 2 is 2.29 bits per heavy atom. The van der Waals surface area contributed by atoms with Gasteiger partial charge in [-0.3, -0.25) is 0 Å². The average Bonchev–Trinajstić information content (AvgIpc) is 2.08. The fraction of sp³-hybridized carbons (Fsp3) is 0.333. The lowest BCUT2D eigenvalue weighted by atomic mass is 10.3. The van der Waals surface area contributed by atoms with Crippen LogP contribution >= 0.6 is 34.2 Å². The normalized spacial score (nSPS) is 10.4. The van der Waals surface area contributed by atoms with Gasteiger partial charge in [-0.25, -0.2) is 9.78 Å². The van der Waals surface area contributed by atoms with Crippen LogP contribution in [-0.2, 0) is 4.74 Å². The van der Waals surface area contributed by atoms with Crippen LogP contribution in [0.2, 0.25) is 5.02 Å². The molecule has 1 aromatic heterocycles. The first kappa shape index (κ1) is 11.7. The number of ether oxygens (including phenoxy) is 1. The van der Waals surface area contributed by atoms with E-state index in [4.69, 9.17) is 16.3 Å². The number of halogens is 2. The molecule has 0 amide bonds. The molecule has 0 atom stereocenters. The van der Waals surface area contributed by atoms with E-state index in [1.807, 2.05) is 22.6 Å². The summed E-state index contributed by atoms with van der Waals surface area (Å²) in [6, 6.07) is 1.56. The Labute approximate surface area is 101 Å². The van der Waals surface area contributed by atoms with E-state index in [1.54, 1.807) is 19.9 Å². The van der Waals surface area contributed by atoms with Crippen LogP contribution in [0.5, 0.6) is 0 Å². The Morgan fingerprint density at radius 1 is 1.64 bits per heavy atom. The van der Waals surface area contributed by atoms with Crippen LogP contribution in [0.4, 0.5) is 0 Å². The molecule has 5 heteroatoms. The van der Waals surface area contributed by atoms with E-state index in [2.05, 4.69) is 4.98 Å². The highest BCUT2D eigenvalue weighted by Gasteiger charge is 2.14. The predicted octanol–water partition coefficient (Wildman–Crippen LogP) is 2.90. The maximum Gasteiger partial charge on any atom is 0.341 e. The molecule has 1 aromatic rings. The van der Waals surface area contributed by atoms with Crippen molar-refractivity contribution in [2.75, 3.05) is 0 Å². The molecule has 0 aliphatic rings. The number of aromatic nitrogens is 1. The highest BCUT2D eigenvalue weighted by atomic mass is 127. The van der Waals surface area contributed by atoms with E-state index in [0.29, 0.717) is 14.3 Å². The molecule has 1 rings (SSSR count). The summed E-state index contributed by atoms with van der Waals surface area (Å²) in [5.41, 5.74) is 0.409. The largest absolute Gasteiger partial charge is 0.459 e. The van der Waals surface area contributed by atoms with Crippen LogP contribution in [0.25, 0.3) is 0 Å². The van der Waals surface area contributed by atoms with Crippen molar-refractivity contribution in [3.05, 3.63) is 26.5 Å². The minimum absolute atomic E-state index is 0.141. The predicted molar refractivity (Wildman–Crippen MR) is 62.5 cm³/mol. The van der Waals surface area contributed by atoms with Gasteiger partial charge in [-0.15, -0.1) is 0 Å². The number of rotatable bonds is 2. The second-order valence-electron chi connectivity index (χ2n) is 2.95. The van der Waals surface area contributed by atoms with Crippen molar-refractivity contribution in [2.24, 2.45) is 0 Å². The smallest absolute Gasteiger partial charge is 0.341 e. The number of nitrogens with zero attached hydrogens (tertiary/aromatic N) is 1. The number of hydrogen-bond acceptors (Lipinski definition) is 3. The van der Waals surface area contributed by atoms with Crippen LogP contribution < -0.4 is 0 Å². The van der Waals surface area contributed by atoms with Crippen molar-refractivity contribution < 1.29 is 9.53 Å². The van der Waals surface area contributed by atoms with Crippen LogP contribution in [0, 0.1) is 3.70 Å². The molecular weight excluding hydrogens is 316 g/mol. The zero-order valence-electron chi connectivity index (χ0n) is 7.75. The third-order valence-electron chi connectivity index (χ3n) is 1.37. The summed E-state index contributed by atoms with van der Waals surface area (Å²) in [5, 5.41) is 0.432. The van der Waals surface area contributed by atoms with E-state index in [0.717, 1.165) is 0 Å². The molecule has 76 valence electrons. The van der Waals surface area contributed by atoms with Crippen LogP contribution in [0.15, 0.2) is 12.3 Å². The third kappa shape index (κ3) is 3.09. The molecule has 0 fully saturated rings. The highest BCUT2D eigenvalue weighted by molar-refractivity contribution is 14.1. The van der Waals surface area contributed by atoms with Crippen LogP contribution in [0.3, 0.4) is 0 Å². The van der Waals surface area contributed by atoms with E-state index in [1.165, 1.54) is 6.20 Å². The Hall–Kier alpha value is -0.360. The lowest BCUT2D eigenvalue weighted by molar-refractivity contribution is 0.0376. The molecule has 0 saturated carbocycles. The number of esters is 1. The molecule has 14 heavy (non-hydrogen) atoms. The van der Waals surface area contributed by atoms with Gasteiger partial charge in [-0.1, -0.05) is 11.6 Å². The Kier molecular flexibility index (Phi) is 4.12. The van der Waals surface area contributed by atoms with E-state index in [-0.39, 0.29) is 12.1 Å². The zero-order chi connectivity index (χ0) is 10.7. The highest BCUT2D eigenvalue weighted by Crippen LogP contribution is 2.16. The van der Waals surface area contributed by atoms with Gasteiger partial charge in [-0.05, 0) is 42.5 Å². The Bertz CT molecular complexity index is 355. The number of carbonyl (C=O) groups excluding carboxylic acids is 1. The molecule has 0 aromatic carbocycles. The summed E-state index contributed by atoms with van der Waals surface area (Å²) < 4.78 is 5.62. The lowest BCUT2D eigenvalue weighted by Gasteiger charge is -2.08. The van der Waals surface area contributed by atoms with Gasteiger partial charge in [0.25, 0.3) is 0 Å². The molecule has 0 aliphatic carbocycles. The summed E-state index contributed by atoms with van der Waals surface area (Å²) in [4.78, 5) is 15.5. The molecule has 1 heterocycles. The molecule has 3 nitrogen and oxygen atoms in total. The quantitative estimate of drug-likeness (QED) is 0.477. The number of pyridine rings is 1. The molecule has 0 spiro atoms. The van der Waals surface area contributed by atoms with E-state index >= 15 is 0 Å². The Morgan fingerprint density at radius 3 is 2.86 bits per heavy atom. The second-order valence-corrected chi connectivity index (χ2v) is 4.40. The first-order chi connectivity index (χ1) is 6.50. The number of hydrogen-bond donors (Lipinski definition) is 0. The van der Waals surface area contributed by atoms with Gasteiger partial charge >= 0.3 is 5.97 Å².